The minimum absolute atomic E-state index is 0.250. The third kappa shape index (κ3) is 18900. The molecule has 0 aliphatic rings. The van der Waals surface area contributed by atoms with Gasteiger partial charge in [-0.15, -0.1) is 0 Å². The van der Waals surface area contributed by atoms with E-state index in [1.807, 2.05) is 14.1 Å². The van der Waals surface area contributed by atoms with Crippen LogP contribution in [-0.4, -0.2) is 37.5 Å². The van der Waals surface area contributed by atoms with Crippen LogP contribution in [0.2, 0.25) is 0 Å². The largest absolute Gasteiger partial charge is 0.397 e. The van der Waals surface area contributed by atoms with Crippen LogP contribution in [0.5, 0.6) is 0 Å². The second-order valence-corrected chi connectivity index (χ2v) is 1.13. The van der Waals surface area contributed by atoms with E-state index >= 15 is 0 Å². The molecule has 3 N–H and O–H groups in total. The molecule has 3 nitrogen and oxygen atoms in total. The maximum absolute atomic E-state index is 7.57. The van der Waals surface area contributed by atoms with Crippen molar-refractivity contribution in [2.24, 2.45) is 0 Å². The zero-order valence-corrected chi connectivity index (χ0v) is 6.81. The maximum Gasteiger partial charge on any atom is 0.0402 e. The predicted octanol–water partition coefficient (Wildman–Crippen LogP) is -0.167. The highest BCUT2D eigenvalue weighted by atomic mass is 16.3. The van der Waals surface area contributed by atoms with Gasteiger partial charge in [-0.2, -0.15) is 0 Å². The molecule has 0 atom stereocenters. The van der Waals surface area contributed by atoms with Gasteiger partial charge in [-0.3, -0.25) is 0 Å². The molecule has 0 saturated carbocycles. The summed E-state index contributed by atoms with van der Waals surface area (Å²) >= 11 is 0. The van der Waals surface area contributed by atoms with Gasteiger partial charge < -0.3 is 15.5 Å². The fourth-order valence-corrected chi connectivity index (χ4v) is 0. The molecule has 0 heterocycles. The van der Waals surface area contributed by atoms with Gasteiger partial charge in [0.05, 0.1) is 0 Å². The smallest absolute Gasteiger partial charge is 0.0402 e. The quantitative estimate of drug-likeness (QED) is 0.434. The molecule has 9 heavy (non-hydrogen) atoms. The molecule has 0 fully saturated rings. The second kappa shape index (κ2) is 45.0. The van der Waals surface area contributed by atoms with Crippen molar-refractivity contribution in [3.63, 3.8) is 0 Å². The zero-order valence-electron chi connectivity index (χ0n) is 6.81. The number of aliphatic hydroxyl groups excluding tert-OH is 2. The summed E-state index contributed by atoms with van der Waals surface area (Å²) in [5, 5.41) is 17.9. The Kier molecular flexibility index (Phi) is 79.7. The van der Waals surface area contributed by atoms with E-state index in [1.165, 1.54) is 0 Å². The molecule has 0 amide bonds. The van der Waals surface area contributed by atoms with Crippen molar-refractivity contribution in [2.45, 2.75) is 13.8 Å². The first-order valence-corrected chi connectivity index (χ1v) is 3.05. The van der Waals surface area contributed by atoms with Crippen LogP contribution in [0.15, 0.2) is 0 Å². The van der Waals surface area contributed by atoms with Gasteiger partial charge in [-0.25, -0.2) is 0 Å². The summed E-state index contributed by atoms with van der Waals surface area (Å²) in [7, 11) is 3.75. The molecule has 0 aromatic heterocycles. The first kappa shape index (κ1) is 15.9. The van der Waals surface area contributed by atoms with E-state index in [4.69, 9.17) is 10.2 Å². The van der Waals surface area contributed by atoms with Crippen LogP contribution in [0, 0.1) is 0 Å². The molecule has 0 bridgehead atoms. The molecule has 0 rings (SSSR count). The Morgan fingerprint density at radius 1 is 1.00 bits per heavy atom. The summed E-state index contributed by atoms with van der Waals surface area (Å²) < 4.78 is 0. The fourth-order valence-electron chi connectivity index (χ4n) is 0. The Morgan fingerprint density at radius 2 is 1.00 bits per heavy atom. The average Bonchev–Trinajstić information content (AvgIpc) is 1.70. The third-order valence-electron chi connectivity index (χ3n) is 0. The highest BCUT2D eigenvalue weighted by molar-refractivity contribution is 3.91. The standard InChI is InChI=1S/C2H7N.2C2H6O/c1-3-2;2*1-2-3/h3H,1-2H3;2*3H,2H2,1H3. The molecule has 3 heteroatoms. The Bertz CT molecular complexity index is 15.8. The van der Waals surface area contributed by atoms with Gasteiger partial charge in [-0.1, -0.05) is 0 Å². The topological polar surface area (TPSA) is 52.5 Å². The van der Waals surface area contributed by atoms with Crippen LogP contribution >= 0.6 is 0 Å². The van der Waals surface area contributed by atoms with E-state index in [0.29, 0.717) is 0 Å². The van der Waals surface area contributed by atoms with E-state index in [2.05, 4.69) is 5.32 Å². The third-order valence-corrected chi connectivity index (χ3v) is 0. The molecule has 0 unspecified atom stereocenters. The molecule has 0 aliphatic heterocycles. The number of rotatable bonds is 0. The Balaban J connectivity index is -0.0000000600. The van der Waals surface area contributed by atoms with Gasteiger partial charge in [0.15, 0.2) is 0 Å². The van der Waals surface area contributed by atoms with Crippen molar-refractivity contribution in [1.82, 2.24) is 5.32 Å². The second-order valence-electron chi connectivity index (χ2n) is 1.13. The molecular weight excluding hydrogens is 118 g/mol. The summed E-state index contributed by atoms with van der Waals surface area (Å²) in [5.41, 5.74) is 0. The van der Waals surface area contributed by atoms with Crippen LogP contribution in [0.3, 0.4) is 0 Å². The van der Waals surface area contributed by atoms with Crippen LogP contribution < -0.4 is 5.32 Å². The van der Waals surface area contributed by atoms with Crippen LogP contribution in [0.1, 0.15) is 13.8 Å². The first-order chi connectivity index (χ1) is 4.24. The fraction of sp³-hybridized carbons (Fsp3) is 1.00. The summed E-state index contributed by atoms with van der Waals surface area (Å²) in [5.74, 6) is 0. The van der Waals surface area contributed by atoms with Gasteiger partial charge in [0.1, 0.15) is 0 Å². The molecule has 0 spiro atoms. The van der Waals surface area contributed by atoms with Crippen molar-refractivity contribution < 1.29 is 10.2 Å². The lowest BCUT2D eigenvalue weighted by molar-refractivity contribution is 0.318. The van der Waals surface area contributed by atoms with Crippen molar-refractivity contribution >= 4 is 0 Å². The molecule has 0 aromatic rings. The molecule has 0 saturated heterocycles. The Labute approximate surface area is 57.7 Å². The van der Waals surface area contributed by atoms with Crippen LogP contribution in [0.25, 0.3) is 0 Å². The zero-order chi connectivity index (χ0) is 8.12. The van der Waals surface area contributed by atoms with Crippen molar-refractivity contribution in [1.29, 1.82) is 0 Å². The van der Waals surface area contributed by atoms with E-state index in [1.54, 1.807) is 13.8 Å². The van der Waals surface area contributed by atoms with E-state index < -0.39 is 0 Å². The molecular formula is C6H19NO2. The van der Waals surface area contributed by atoms with Crippen LogP contribution in [-0.2, 0) is 0 Å². The Hall–Kier alpha value is -0.120. The summed E-state index contributed by atoms with van der Waals surface area (Å²) in [4.78, 5) is 0. The van der Waals surface area contributed by atoms with Crippen molar-refractivity contribution in [3.8, 4) is 0 Å². The maximum atomic E-state index is 7.57. The van der Waals surface area contributed by atoms with Gasteiger partial charge >= 0.3 is 0 Å². The summed E-state index contributed by atoms with van der Waals surface area (Å²) in [6.07, 6.45) is 0. The Morgan fingerprint density at radius 3 is 1.00 bits per heavy atom. The summed E-state index contributed by atoms with van der Waals surface area (Å²) in [6.45, 7) is 3.86. The lowest BCUT2D eigenvalue weighted by Gasteiger charge is -1.59. The highest BCUT2D eigenvalue weighted by Gasteiger charge is 1.34. The molecule has 0 radical (unpaired) electrons. The lowest BCUT2D eigenvalue weighted by Crippen LogP contribution is -1.89. The average molecular weight is 137 g/mol. The van der Waals surface area contributed by atoms with E-state index in [0.717, 1.165) is 0 Å². The SMILES string of the molecule is CCO.CCO.CNC. The van der Waals surface area contributed by atoms with Crippen molar-refractivity contribution in [2.75, 3.05) is 27.3 Å². The van der Waals surface area contributed by atoms with E-state index in [-0.39, 0.29) is 13.2 Å². The molecule has 60 valence electrons. The minimum Gasteiger partial charge on any atom is -0.397 e. The predicted molar refractivity (Wildman–Crippen MR) is 40.5 cm³/mol. The first-order valence-electron chi connectivity index (χ1n) is 3.05. The minimum atomic E-state index is 0.250. The summed E-state index contributed by atoms with van der Waals surface area (Å²) in [6, 6.07) is 0. The highest BCUT2D eigenvalue weighted by Crippen LogP contribution is 1.30. The lowest BCUT2D eigenvalue weighted by atomic mass is 10.9. The molecule has 0 aromatic carbocycles. The van der Waals surface area contributed by atoms with Gasteiger partial charge in [0.2, 0.25) is 0 Å². The number of hydrogen-bond donors (Lipinski definition) is 3. The number of aliphatic hydroxyl groups is 2. The van der Waals surface area contributed by atoms with E-state index in [9.17, 15) is 0 Å². The monoisotopic (exact) mass is 137 g/mol. The van der Waals surface area contributed by atoms with Gasteiger partial charge in [0, 0.05) is 13.2 Å². The number of nitrogens with one attached hydrogen (secondary N) is 1. The van der Waals surface area contributed by atoms with Crippen molar-refractivity contribution in [3.05, 3.63) is 0 Å². The van der Waals surface area contributed by atoms with Gasteiger partial charge in [-0.05, 0) is 27.9 Å². The molecule has 0 aliphatic carbocycles. The normalized spacial score (nSPS) is 6.00. The van der Waals surface area contributed by atoms with Gasteiger partial charge in [0.25, 0.3) is 0 Å². The number of hydrogen-bond acceptors (Lipinski definition) is 3. The van der Waals surface area contributed by atoms with Crippen LogP contribution in [0.4, 0.5) is 0 Å².